The van der Waals surface area contributed by atoms with Gasteiger partial charge < -0.3 is 10.1 Å². The van der Waals surface area contributed by atoms with E-state index in [1.807, 2.05) is 0 Å². The van der Waals surface area contributed by atoms with Crippen molar-refractivity contribution < 1.29 is 13.5 Å². The molecule has 0 spiro atoms. The van der Waals surface area contributed by atoms with Crippen LogP contribution in [0.5, 0.6) is 6.01 Å². The Kier molecular flexibility index (Phi) is 4.66. The van der Waals surface area contributed by atoms with Crippen LogP contribution in [-0.2, 0) is 0 Å². The van der Waals surface area contributed by atoms with Gasteiger partial charge in [-0.2, -0.15) is 15.0 Å². The van der Waals surface area contributed by atoms with Crippen molar-refractivity contribution in [3.63, 3.8) is 0 Å². The second kappa shape index (κ2) is 6.27. The van der Waals surface area contributed by atoms with Gasteiger partial charge in [-0.3, -0.25) is 0 Å². The highest BCUT2D eigenvalue weighted by Crippen LogP contribution is 2.26. The predicted molar refractivity (Wildman–Crippen MR) is 73.3 cm³/mol. The highest BCUT2D eigenvalue weighted by Gasteiger charge is 2.11. The molecule has 0 amide bonds. The maximum absolute atomic E-state index is 13.6. The Labute approximate surface area is 126 Å². The van der Waals surface area contributed by atoms with Crippen LogP contribution >= 0.6 is 27.5 Å². The van der Waals surface area contributed by atoms with Gasteiger partial charge in [0.1, 0.15) is 11.6 Å². The molecule has 1 aromatic carbocycles. The minimum absolute atomic E-state index is 0.00846. The van der Waals surface area contributed by atoms with Crippen molar-refractivity contribution in [3.05, 3.63) is 33.5 Å². The molecule has 5 nitrogen and oxygen atoms in total. The molecule has 0 unspecified atom stereocenters. The van der Waals surface area contributed by atoms with Gasteiger partial charge in [0.15, 0.2) is 0 Å². The van der Waals surface area contributed by atoms with Crippen LogP contribution in [0.25, 0.3) is 0 Å². The molecule has 0 aliphatic rings. The van der Waals surface area contributed by atoms with E-state index in [9.17, 15) is 8.78 Å². The van der Waals surface area contributed by atoms with Gasteiger partial charge in [0.05, 0.1) is 16.8 Å². The first-order valence-electron chi connectivity index (χ1n) is 5.45. The summed E-state index contributed by atoms with van der Waals surface area (Å²) in [6.07, 6.45) is 0. The normalized spacial score (nSPS) is 10.4. The van der Waals surface area contributed by atoms with Crippen LogP contribution in [0.2, 0.25) is 5.28 Å². The maximum Gasteiger partial charge on any atom is 0.322 e. The summed E-state index contributed by atoms with van der Waals surface area (Å²) in [5.41, 5.74) is -0.0111. The molecular weight excluding hydrogens is 358 g/mol. The van der Waals surface area contributed by atoms with Crippen LogP contribution in [0, 0.1) is 11.6 Å². The number of rotatable bonds is 4. The molecular formula is C11H8BrClF2N4O. The summed E-state index contributed by atoms with van der Waals surface area (Å²) in [5, 5.41) is 2.48. The average Bonchev–Trinajstić information content (AvgIpc) is 2.35. The van der Waals surface area contributed by atoms with Gasteiger partial charge in [-0.15, -0.1) is 0 Å². The molecule has 106 valence electrons. The fourth-order valence-corrected chi connectivity index (χ4v) is 1.82. The Morgan fingerprint density at radius 2 is 2.00 bits per heavy atom. The standard InChI is InChI=1S/C11H8BrClF2N4O/c1-2-20-11-18-9(13)17-10(19-11)16-8-3-5(12)6(14)4-7(8)15/h3-4H,2H2,1H3,(H,16,17,18,19). The van der Waals surface area contributed by atoms with E-state index in [2.05, 4.69) is 36.2 Å². The van der Waals surface area contributed by atoms with Crippen molar-refractivity contribution >= 4 is 39.2 Å². The lowest BCUT2D eigenvalue weighted by Crippen LogP contribution is -2.05. The van der Waals surface area contributed by atoms with Crippen LogP contribution in [0.4, 0.5) is 20.4 Å². The van der Waals surface area contributed by atoms with Crippen LogP contribution in [0.3, 0.4) is 0 Å². The third-order valence-electron chi connectivity index (χ3n) is 2.12. The quantitative estimate of drug-likeness (QED) is 0.837. The molecule has 0 saturated carbocycles. The molecule has 2 aromatic rings. The summed E-state index contributed by atoms with van der Waals surface area (Å²) in [6, 6.07) is 1.97. The Balaban J connectivity index is 2.32. The van der Waals surface area contributed by atoms with Crippen molar-refractivity contribution in [2.75, 3.05) is 11.9 Å². The van der Waals surface area contributed by atoms with E-state index in [0.29, 0.717) is 6.61 Å². The Morgan fingerprint density at radius 3 is 2.70 bits per heavy atom. The molecule has 0 fully saturated rings. The van der Waals surface area contributed by atoms with Crippen molar-refractivity contribution in [1.82, 2.24) is 15.0 Å². The Hall–Kier alpha value is -1.54. The van der Waals surface area contributed by atoms with E-state index in [-0.39, 0.29) is 27.4 Å². The first-order chi connectivity index (χ1) is 9.49. The fourth-order valence-electron chi connectivity index (χ4n) is 1.32. The lowest BCUT2D eigenvalue weighted by Gasteiger charge is -2.08. The zero-order valence-corrected chi connectivity index (χ0v) is 12.5. The second-order valence-electron chi connectivity index (χ2n) is 3.51. The zero-order chi connectivity index (χ0) is 14.7. The summed E-state index contributed by atoms with van der Waals surface area (Å²) in [7, 11) is 0. The van der Waals surface area contributed by atoms with Gasteiger partial charge in [0, 0.05) is 6.07 Å². The number of ether oxygens (including phenoxy) is 1. The number of hydrogen-bond acceptors (Lipinski definition) is 5. The fraction of sp³-hybridized carbons (Fsp3) is 0.182. The highest BCUT2D eigenvalue weighted by molar-refractivity contribution is 9.10. The number of aromatic nitrogens is 3. The molecule has 1 heterocycles. The number of hydrogen-bond donors (Lipinski definition) is 1. The highest BCUT2D eigenvalue weighted by atomic mass is 79.9. The Bertz CT molecular complexity index is 644. The molecule has 1 N–H and O–H groups in total. The minimum Gasteiger partial charge on any atom is -0.464 e. The third-order valence-corrected chi connectivity index (χ3v) is 2.89. The van der Waals surface area contributed by atoms with Crippen molar-refractivity contribution in [2.24, 2.45) is 0 Å². The summed E-state index contributed by atoms with van der Waals surface area (Å²) in [5.74, 6) is -1.51. The summed E-state index contributed by atoms with van der Waals surface area (Å²) in [6.45, 7) is 2.10. The average molecular weight is 366 g/mol. The predicted octanol–water partition coefficient (Wildman–Crippen LogP) is 3.71. The van der Waals surface area contributed by atoms with Crippen molar-refractivity contribution in [3.8, 4) is 6.01 Å². The lowest BCUT2D eigenvalue weighted by atomic mass is 10.3. The van der Waals surface area contributed by atoms with Crippen LogP contribution in [0.1, 0.15) is 6.92 Å². The van der Waals surface area contributed by atoms with E-state index in [1.165, 1.54) is 6.07 Å². The second-order valence-corrected chi connectivity index (χ2v) is 4.71. The molecule has 2 rings (SSSR count). The minimum atomic E-state index is -0.791. The first kappa shape index (κ1) is 14.9. The number of nitrogens with one attached hydrogen (secondary N) is 1. The van der Waals surface area contributed by atoms with E-state index in [0.717, 1.165) is 6.07 Å². The molecule has 0 aliphatic heterocycles. The topological polar surface area (TPSA) is 59.9 Å². The van der Waals surface area contributed by atoms with Gasteiger partial charge in [-0.1, -0.05) is 0 Å². The van der Waals surface area contributed by atoms with Gasteiger partial charge in [-0.05, 0) is 40.5 Å². The van der Waals surface area contributed by atoms with E-state index >= 15 is 0 Å². The van der Waals surface area contributed by atoms with Crippen LogP contribution < -0.4 is 10.1 Å². The van der Waals surface area contributed by atoms with Gasteiger partial charge in [0.2, 0.25) is 11.2 Å². The van der Waals surface area contributed by atoms with E-state index < -0.39 is 11.6 Å². The molecule has 20 heavy (non-hydrogen) atoms. The first-order valence-corrected chi connectivity index (χ1v) is 6.62. The molecule has 1 aromatic heterocycles. The van der Waals surface area contributed by atoms with Gasteiger partial charge in [0.25, 0.3) is 0 Å². The van der Waals surface area contributed by atoms with E-state index in [4.69, 9.17) is 16.3 Å². The maximum atomic E-state index is 13.6. The monoisotopic (exact) mass is 364 g/mol. The van der Waals surface area contributed by atoms with Gasteiger partial charge in [-0.25, -0.2) is 8.78 Å². The summed E-state index contributed by atoms with van der Waals surface area (Å²) < 4.78 is 31.9. The van der Waals surface area contributed by atoms with Gasteiger partial charge >= 0.3 is 6.01 Å². The molecule has 0 radical (unpaired) electrons. The number of nitrogens with zero attached hydrogens (tertiary/aromatic N) is 3. The number of anilines is 2. The number of benzene rings is 1. The zero-order valence-electron chi connectivity index (χ0n) is 10.1. The Morgan fingerprint density at radius 1 is 1.25 bits per heavy atom. The SMILES string of the molecule is CCOc1nc(Cl)nc(Nc2cc(Br)c(F)cc2F)n1. The van der Waals surface area contributed by atoms with Crippen LogP contribution in [0.15, 0.2) is 16.6 Å². The lowest BCUT2D eigenvalue weighted by molar-refractivity contribution is 0.312. The smallest absolute Gasteiger partial charge is 0.322 e. The third kappa shape index (κ3) is 3.51. The van der Waals surface area contributed by atoms with Crippen molar-refractivity contribution in [2.45, 2.75) is 6.92 Å². The molecule has 0 atom stereocenters. The molecule has 0 bridgehead atoms. The largest absolute Gasteiger partial charge is 0.464 e. The summed E-state index contributed by atoms with van der Waals surface area (Å²) in [4.78, 5) is 11.4. The molecule has 0 saturated heterocycles. The number of halogens is 4. The molecule has 0 aliphatic carbocycles. The molecule has 9 heteroatoms. The summed E-state index contributed by atoms with van der Waals surface area (Å²) >= 11 is 8.66. The van der Waals surface area contributed by atoms with E-state index in [1.54, 1.807) is 6.92 Å². The van der Waals surface area contributed by atoms with Crippen molar-refractivity contribution in [1.29, 1.82) is 0 Å². The van der Waals surface area contributed by atoms with Crippen LogP contribution in [-0.4, -0.2) is 21.6 Å².